The fourth-order valence-corrected chi connectivity index (χ4v) is 1.28. The summed E-state index contributed by atoms with van der Waals surface area (Å²) < 4.78 is 10.7. The van der Waals surface area contributed by atoms with E-state index in [0.29, 0.717) is 11.5 Å². The molecule has 2 aromatic carbocycles. The number of hydrogen-bond donors (Lipinski definition) is 0. The van der Waals surface area contributed by atoms with Gasteiger partial charge in [-0.05, 0) is 24.3 Å². The van der Waals surface area contributed by atoms with Gasteiger partial charge in [0.15, 0.2) is 5.10 Å². The zero-order valence-electron chi connectivity index (χ0n) is 9.48. The van der Waals surface area contributed by atoms with E-state index in [1.807, 2.05) is 36.4 Å². The molecule has 18 heavy (non-hydrogen) atoms. The summed E-state index contributed by atoms with van der Waals surface area (Å²) in [4.78, 5) is 2.92. The third kappa shape index (κ3) is 3.35. The van der Waals surface area contributed by atoms with E-state index in [9.17, 15) is 0 Å². The zero-order chi connectivity index (χ0) is 12.6. The molecule has 0 aliphatic rings. The highest BCUT2D eigenvalue weighted by atomic mass is 16.7. The number of rotatable bonds is 2. The van der Waals surface area contributed by atoms with Crippen LogP contribution in [-0.4, -0.2) is 6.08 Å². The molecule has 0 spiro atoms. The van der Waals surface area contributed by atoms with E-state index >= 15 is 0 Å². The molecule has 0 heterocycles. The number of para-hydroxylation sites is 2. The summed E-state index contributed by atoms with van der Waals surface area (Å²) in [6, 6.07) is 18.1. The van der Waals surface area contributed by atoms with Gasteiger partial charge < -0.3 is 9.47 Å². The van der Waals surface area contributed by atoms with Gasteiger partial charge in [0.05, 0.1) is 0 Å². The second-order valence-corrected chi connectivity index (χ2v) is 3.30. The summed E-state index contributed by atoms with van der Waals surface area (Å²) in [7, 11) is 0. The van der Waals surface area contributed by atoms with Crippen LogP contribution in [0.15, 0.2) is 65.8 Å². The Morgan fingerprint density at radius 2 is 1.28 bits per heavy atom. The lowest BCUT2D eigenvalue weighted by Gasteiger charge is -2.06. The van der Waals surface area contributed by atoms with Crippen molar-refractivity contribution in [3.8, 4) is 11.5 Å². The van der Waals surface area contributed by atoms with Gasteiger partial charge in [-0.15, -0.1) is 4.95 Å². The summed E-state index contributed by atoms with van der Waals surface area (Å²) >= 11 is 0. The summed E-state index contributed by atoms with van der Waals surface area (Å²) in [6.45, 7) is 6.74. The number of hydrogen-bond acceptors (Lipinski definition) is 3. The smallest absolute Gasteiger partial charge is 0.407 e. The molecule has 0 aliphatic carbocycles. The predicted molar refractivity (Wildman–Crippen MR) is 68.2 cm³/mol. The van der Waals surface area contributed by atoms with Crippen LogP contribution in [0, 0.1) is 6.57 Å². The Kier molecular flexibility index (Phi) is 3.93. The molecule has 0 N–H and O–H groups in total. The lowest BCUT2D eigenvalue weighted by atomic mass is 10.3. The summed E-state index contributed by atoms with van der Waals surface area (Å²) in [5, 5.41) is 3.48. The minimum absolute atomic E-state index is 0.0950. The summed E-state index contributed by atoms with van der Waals surface area (Å²) in [5.41, 5.74) is 0. The summed E-state index contributed by atoms with van der Waals surface area (Å²) in [6.07, 6.45) is -0.0950. The van der Waals surface area contributed by atoms with Crippen LogP contribution in [0.1, 0.15) is 0 Å². The third-order valence-electron chi connectivity index (χ3n) is 2.03. The zero-order valence-corrected chi connectivity index (χ0v) is 9.48. The van der Waals surface area contributed by atoms with Gasteiger partial charge in [-0.3, -0.25) is 0 Å². The molecule has 0 bridgehead atoms. The van der Waals surface area contributed by atoms with Crippen molar-refractivity contribution in [2.75, 3.05) is 0 Å². The first kappa shape index (κ1) is 11.7. The van der Waals surface area contributed by atoms with Crippen LogP contribution in [0.4, 0.5) is 0 Å². The van der Waals surface area contributed by atoms with Gasteiger partial charge >= 0.3 is 6.08 Å². The van der Waals surface area contributed by atoms with Crippen LogP contribution in [0.3, 0.4) is 0 Å². The van der Waals surface area contributed by atoms with Crippen molar-refractivity contribution in [1.29, 1.82) is 0 Å². The minimum Gasteiger partial charge on any atom is -0.407 e. The van der Waals surface area contributed by atoms with Crippen LogP contribution in [0.5, 0.6) is 11.5 Å². The molecule has 88 valence electrons. The van der Waals surface area contributed by atoms with Crippen molar-refractivity contribution in [3.05, 3.63) is 72.2 Å². The van der Waals surface area contributed by atoms with E-state index in [2.05, 4.69) is 10.1 Å². The topological polar surface area (TPSA) is 35.2 Å². The van der Waals surface area contributed by atoms with Crippen molar-refractivity contribution in [2.45, 2.75) is 0 Å². The first-order valence-corrected chi connectivity index (χ1v) is 5.29. The quantitative estimate of drug-likeness (QED) is 0.348. The Morgan fingerprint density at radius 1 is 0.833 bits per heavy atom. The highest BCUT2D eigenvalue weighted by Crippen LogP contribution is 2.13. The fraction of sp³-hybridized carbons (Fsp3) is 0. The van der Waals surface area contributed by atoms with Crippen LogP contribution in [-0.2, 0) is 0 Å². The van der Waals surface area contributed by atoms with E-state index in [4.69, 9.17) is 16.0 Å². The van der Waals surface area contributed by atoms with Gasteiger partial charge in [-0.2, -0.15) is 6.57 Å². The monoisotopic (exact) mass is 238 g/mol. The first-order valence-electron chi connectivity index (χ1n) is 5.29. The Hall–Kier alpha value is -2.80. The first-order chi connectivity index (χ1) is 8.88. The van der Waals surface area contributed by atoms with Crippen molar-refractivity contribution >= 4 is 6.08 Å². The predicted octanol–water partition coefficient (Wildman–Crippen LogP) is 3.33. The average Bonchev–Trinajstić information content (AvgIpc) is 2.41. The average molecular weight is 238 g/mol. The fourth-order valence-electron chi connectivity index (χ4n) is 1.28. The van der Waals surface area contributed by atoms with Gasteiger partial charge in [0, 0.05) is 0 Å². The molecule has 0 radical (unpaired) electrons. The molecular weight excluding hydrogens is 228 g/mol. The number of ether oxygens (including phenoxy) is 2. The number of benzene rings is 2. The molecule has 0 fully saturated rings. The SMILES string of the molecule is [C-]#[N+]N=C(Oc1ccccc1)Oc1ccccc1. The standard InChI is InChI=1S/C14H10N2O2/c1-15-16-14(17-12-8-4-2-5-9-12)18-13-10-6-3-7-11-13/h2-11H. The molecular formula is C14H10N2O2. The minimum atomic E-state index is -0.0950. The number of nitrogens with zero attached hydrogens (tertiary/aromatic N) is 2. The van der Waals surface area contributed by atoms with Crippen molar-refractivity contribution in [1.82, 2.24) is 0 Å². The Labute approximate surface area is 105 Å². The molecule has 0 atom stereocenters. The maximum absolute atomic E-state index is 6.74. The molecule has 2 rings (SSSR count). The molecule has 4 nitrogen and oxygen atoms in total. The van der Waals surface area contributed by atoms with Crippen LogP contribution in [0.25, 0.3) is 4.95 Å². The molecule has 0 aliphatic heterocycles. The molecule has 0 aromatic heterocycles. The van der Waals surface area contributed by atoms with Gasteiger partial charge in [0.1, 0.15) is 11.5 Å². The van der Waals surface area contributed by atoms with Gasteiger partial charge in [-0.1, -0.05) is 36.4 Å². The third-order valence-corrected chi connectivity index (χ3v) is 2.03. The maximum Gasteiger partial charge on any atom is 0.475 e. The maximum atomic E-state index is 6.74. The highest BCUT2D eigenvalue weighted by Gasteiger charge is 2.08. The molecule has 0 unspecified atom stereocenters. The largest absolute Gasteiger partial charge is 0.475 e. The normalized spacial score (nSPS) is 9.06. The second-order valence-electron chi connectivity index (χ2n) is 3.30. The lowest BCUT2D eigenvalue weighted by molar-refractivity contribution is 0.385. The van der Waals surface area contributed by atoms with Crippen molar-refractivity contribution in [2.24, 2.45) is 5.10 Å². The molecule has 0 saturated carbocycles. The Morgan fingerprint density at radius 3 is 1.67 bits per heavy atom. The molecule has 4 heteroatoms. The Balaban J connectivity index is 2.11. The van der Waals surface area contributed by atoms with Gasteiger partial charge in [0.2, 0.25) is 0 Å². The van der Waals surface area contributed by atoms with E-state index in [0.717, 1.165) is 0 Å². The van der Waals surface area contributed by atoms with E-state index < -0.39 is 0 Å². The van der Waals surface area contributed by atoms with E-state index in [1.54, 1.807) is 24.3 Å². The van der Waals surface area contributed by atoms with Crippen LogP contribution in [0.2, 0.25) is 0 Å². The van der Waals surface area contributed by atoms with Gasteiger partial charge in [-0.25, -0.2) is 0 Å². The van der Waals surface area contributed by atoms with Crippen LogP contribution < -0.4 is 9.47 Å². The second kappa shape index (κ2) is 6.06. The molecule has 2 aromatic rings. The van der Waals surface area contributed by atoms with Crippen LogP contribution >= 0.6 is 0 Å². The highest BCUT2D eigenvalue weighted by molar-refractivity contribution is 5.73. The van der Waals surface area contributed by atoms with Crippen molar-refractivity contribution in [3.63, 3.8) is 0 Å². The van der Waals surface area contributed by atoms with E-state index in [-0.39, 0.29) is 6.08 Å². The molecule has 0 saturated heterocycles. The molecule has 0 amide bonds. The van der Waals surface area contributed by atoms with Gasteiger partial charge in [0.25, 0.3) is 0 Å². The Bertz CT molecular complexity index is 516. The summed E-state index contributed by atoms with van der Waals surface area (Å²) in [5.74, 6) is 1.13. The van der Waals surface area contributed by atoms with E-state index in [1.165, 1.54) is 0 Å². The van der Waals surface area contributed by atoms with Crippen molar-refractivity contribution < 1.29 is 9.47 Å². The lowest BCUT2D eigenvalue weighted by Crippen LogP contribution is -2.15.